The van der Waals surface area contributed by atoms with Crippen molar-refractivity contribution in [2.75, 3.05) is 30.5 Å². The van der Waals surface area contributed by atoms with Gasteiger partial charge in [0, 0.05) is 24.8 Å². The summed E-state index contributed by atoms with van der Waals surface area (Å²) in [6.07, 6.45) is 2.40. The molecule has 1 aromatic carbocycles. The molecule has 1 aliphatic rings. The van der Waals surface area contributed by atoms with Crippen molar-refractivity contribution in [3.8, 4) is 5.75 Å². The third-order valence-corrected chi connectivity index (χ3v) is 4.12. The number of benzene rings is 1. The second-order valence-electron chi connectivity index (χ2n) is 4.52. The van der Waals surface area contributed by atoms with Gasteiger partial charge < -0.3 is 15.4 Å². The monoisotopic (exact) mass is 280 g/mol. The number of hydrogen-bond acceptors (Lipinski definition) is 4. The van der Waals surface area contributed by atoms with Crippen LogP contribution in [0.5, 0.6) is 5.75 Å². The molecule has 0 bridgehead atoms. The van der Waals surface area contributed by atoms with Gasteiger partial charge in [-0.1, -0.05) is 6.07 Å². The maximum absolute atomic E-state index is 11.1. The first kappa shape index (κ1) is 14.1. The molecule has 5 heteroatoms. The van der Waals surface area contributed by atoms with E-state index < -0.39 is 0 Å². The van der Waals surface area contributed by atoms with Gasteiger partial charge in [-0.2, -0.15) is 11.8 Å². The fraction of sp³-hybridized carbons (Fsp3) is 0.500. The zero-order valence-corrected chi connectivity index (χ0v) is 12.0. The molecule has 2 rings (SSSR count). The van der Waals surface area contributed by atoms with Crippen LogP contribution in [-0.2, 0) is 4.79 Å². The van der Waals surface area contributed by atoms with Crippen LogP contribution in [0.2, 0.25) is 0 Å². The summed E-state index contributed by atoms with van der Waals surface area (Å²) >= 11 is 2.02. The maximum Gasteiger partial charge on any atom is 0.257 e. The Morgan fingerprint density at radius 1 is 1.42 bits per heavy atom. The highest BCUT2D eigenvalue weighted by atomic mass is 32.2. The summed E-state index contributed by atoms with van der Waals surface area (Å²) in [5, 5.41) is 6.06. The summed E-state index contributed by atoms with van der Waals surface area (Å²) in [5.74, 6) is 3.05. The van der Waals surface area contributed by atoms with Crippen molar-refractivity contribution in [1.29, 1.82) is 0 Å². The minimum absolute atomic E-state index is 0.0556. The van der Waals surface area contributed by atoms with E-state index in [-0.39, 0.29) is 12.5 Å². The fourth-order valence-corrected chi connectivity index (χ4v) is 3.08. The number of anilines is 1. The van der Waals surface area contributed by atoms with Gasteiger partial charge in [-0.25, -0.2) is 0 Å². The lowest BCUT2D eigenvalue weighted by Crippen LogP contribution is -2.25. The van der Waals surface area contributed by atoms with Gasteiger partial charge in [-0.3, -0.25) is 4.79 Å². The molecular formula is C14H20N2O2S. The van der Waals surface area contributed by atoms with Crippen molar-refractivity contribution in [2.45, 2.75) is 18.9 Å². The Hall–Kier alpha value is -1.36. The number of nitrogens with one attached hydrogen (secondary N) is 2. The molecule has 0 aliphatic carbocycles. The maximum atomic E-state index is 11.1. The van der Waals surface area contributed by atoms with E-state index in [0.717, 1.165) is 11.4 Å². The summed E-state index contributed by atoms with van der Waals surface area (Å²) in [5.41, 5.74) is 1.06. The molecule has 0 unspecified atom stereocenters. The average Bonchev–Trinajstić information content (AvgIpc) is 2.46. The van der Waals surface area contributed by atoms with Gasteiger partial charge in [0.15, 0.2) is 6.61 Å². The van der Waals surface area contributed by atoms with E-state index >= 15 is 0 Å². The number of hydrogen-bond donors (Lipinski definition) is 2. The highest BCUT2D eigenvalue weighted by Crippen LogP contribution is 2.23. The van der Waals surface area contributed by atoms with Gasteiger partial charge in [0.1, 0.15) is 5.75 Å². The summed E-state index contributed by atoms with van der Waals surface area (Å²) < 4.78 is 5.43. The molecule has 1 amide bonds. The second kappa shape index (κ2) is 7.28. The first-order chi connectivity index (χ1) is 9.28. The van der Waals surface area contributed by atoms with E-state index in [9.17, 15) is 4.79 Å². The van der Waals surface area contributed by atoms with Gasteiger partial charge in [-0.05, 0) is 36.5 Å². The Labute approximate surface area is 118 Å². The number of likely N-dealkylation sites (N-methyl/N-ethyl adjacent to an activating group) is 1. The molecular weight excluding hydrogens is 260 g/mol. The lowest BCUT2D eigenvalue weighted by molar-refractivity contribution is -0.122. The van der Waals surface area contributed by atoms with Crippen LogP contribution in [-0.4, -0.2) is 37.1 Å². The van der Waals surface area contributed by atoms with Crippen LogP contribution in [0.3, 0.4) is 0 Å². The molecule has 0 radical (unpaired) electrons. The van der Waals surface area contributed by atoms with Gasteiger partial charge in [0.05, 0.1) is 0 Å². The van der Waals surface area contributed by atoms with Crippen molar-refractivity contribution in [3.05, 3.63) is 24.3 Å². The SMILES string of the molecule is CNC(=O)COc1cccc(NC2CCSCC2)c1. The van der Waals surface area contributed by atoms with E-state index in [0.29, 0.717) is 6.04 Å². The number of carbonyl (C=O) groups excluding carboxylic acids is 1. The van der Waals surface area contributed by atoms with E-state index in [1.807, 2.05) is 36.0 Å². The topological polar surface area (TPSA) is 50.4 Å². The van der Waals surface area contributed by atoms with Crippen molar-refractivity contribution >= 4 is 23.4 Å². The van der Waals surface area contributed by atoms with Crippen LogP contribution in [0.15, 0.2) is 24.3 Å². The predicted molar refractivity (Wildman–Crippen MR) is 80.0 cm³/mol. The zero-order chi connectivity index (χ0) is 13.5. The molecule has 0 atom stereocenters. The molecule has 19 heavy (non-hydrogen) atoms. The van der Waals surface area contributed by atoms with E-state index in [1.54, 1.807) is 7.05 Å². The minimum atomic E-state index is -0.123. The normalized spacial score (nSPS) is 15.8. The smallest absolute Gasteiger partial charge is 0.257 e. The quantitative estimate of drug-likeness (QED) is 0.867. The zero-order valence-electron chi connectivity index (χ0n) is 11.1. The molecule has 1 saturated heterocycles. The van der Waals surface area contributed by atoms with Gasteiger partial charge in [-0.15, -0.1) is 0 Å². The summed E-state index contributed by atoms with van der Waals surface area (Å²) in [6.45, 7) is 0.0556. The van der Waals surface area contributed by atoms with Crippen LogP contribution in [0, 0.1) is 0 Å². The van der Waals surface area contributed by atoms with Crippen molar-refractivity contribution in [1.82, 2.24) is 5.32 Å². The van der Waals surface area contributed by atoms with Crippen molar-refractivity contribution in [2.24, 2.45) is 0 Å². The third-order valence-electron chi connectivity index (χ3n) is 3.07. The van der Waals surface area contributed by atoms with E-state index in [1.165, 1.54) is 24.3 Å². The van der Waals surface area contributed by atoms with Crippen LogP contribution in [0.4, 0.5) is 5.69 Å². The molecule has 0 saturated carbocycles. The van der Waals surface area contributed by atoms with Crippen LogP contribution >= 0.6 is 11.8 Å². The van der Waals surface area contributed by atoms with E-state index in [4.69, 9.17) is 4.74 Å². The van der Waals surface area contributed by atoms with Crippen LogP contribution in [0.25, 0.3) is 0 Å². The Balaban J connectivity index is 1.88. The van der Waals surface area contributed by atoms with Crippen LogP contribution < -0.4 is 15.4 Å². The van der Waals surface area contributed by atoms with Crippen molar-refractivity contribution < 1.29 is 9.53 Å². The summed E-state index contributed by atoms with van der Waals surface area (Å²) in [6, 6.07) is 8.35. The molecule has 1 heterocycles. The van der Waals surface area contributed by atoms with E-state index in [2.05, 4.69) is 10.6 Å². The standard InChI is InChI=1S/C14H20N2O2S/c1-15-14(17)10-18-13-4-2-3-12(9-13)16-11-5-7-19-8-6-11/h2-4,9,11,16H,5-8,10H2,1H3,(H,15,17). The fourth-order valence-electron chi connectivity index (χ4n) is 1.97. The largest absolute Gasteiger partial charge is 0.484 e. The Bertz CT molecular complexity index is 420. The predicted octanol–water partition coefficient (Wildman–Crippen LogP) is 2.12. The summed E-state index contributed by atoms with van der Waals surface area (Å²) in [7, 11) is 1.60. The number of ether oxygens (including phenoxy) is 1. The summed E-state index contributed by atoms with van der Waals surface area (Å²) in [4.78, 5) is 11.1. The molecule has 4 nitrogen and oxygen atoms in total. The molecule has 2 N–H and O–H groups in total. The molecule has 1 aliphatic heterocycles. The number of carbonyl (C=O) groups is 1. The second-order valence-corrected chi connectivity index (χ2v) is 5.75. The number of rotatable bonds is 5. The highest BCUT2D eigenvalue weighted by molar-refractivity contribution is 7.99. The Morgan fingerprint density at radius 2 is 2.21 bits per heavy atom. The van der Waals surface area contributed by atoms with Gasteiger partial charge in [0.2, 0.25) is 0 Å². The van der Waals surface area contributed by atoms with Crippen molar-refractivity contribution in [3.63, 3.8) is 0 Å². The highest BCUT2D eigenvalue weighted by Gasteiger charge is 2.13. The Morgan fingerprint density at radius 3 is 2.95 bits per heavy atom. The number of amides is 1. The molecule has 1 fully saturated rings. The number of thioether (sulfide) groups is 1. The van der Waals surface area contributed by atoms with Gasteiger partial charge in [0.25, 0.3) is 5.91 Å². The minimum Gasteiger partial charge on any atom is -0.484 e. The lowest BCUT2D eigenvalue weighted by Gasteiger charge is -2.23. The molecule has 0 aromatic heterocycles. The molecule has 104 valence electrons. The van der Waals surface area contributed by atoms with Crippen LogP contribution in [0.1, 0.15) is 12.8 Å². The first-order valence-corrected chi connectivity index (χ1v) is 7.71. The lowest BCUT2D eigenvalue weighted by atomic mass is 10.1. The molecule has 0 spiro atoms. The third kappa shape index (κ3) is 4.67. The Kier molecular flexibility index (Phi) is 5.39. The van der Waals surface area contributed by atoms with Gasteiger partial charge >= 0.3 is 0 Å². The first-order valence-electron chi connectivity index (χ1n) is 6.55. The average molecular weight is 280 g/mol. The molecule has 1 aromatic rings.